The molecule has 0 spiro atoms. The quantitative estimate of drug-likeness (QED) is 0.121. The monoisotopic (exact) mass is 536 g/mol. The number of aryl methyl sites for hydroxylation is 1. The van der Waals surface area contributed by atoms with Crippen molar-refractivity contribution < 1.29 is 49.7 Å². The molecule has 0 unspecified atom stereocenters. The summed E-state index contributed by atoms with van der Waals surface area (Å²) < 4.78 is 69.2. The van der Waals surface area contributed by atoms with Crippen LogP contribution in [-0.4, -0.2) is 45.3 Å². The Bertz CT molecular complexity index is 1620. The van der Waals surface area contributed by atoms with Crippen LogP contribution in [0.2, 0.25) is 0 Å². The number of para-hydroxylation sites is 1. The number of fused-ring (bicyclic) bond motifs is 4. The molecule has 12 heteroatoms. The van der Waals surface area contributed by atoms with Crippen molar-refractivity contribution in [1.82, 2.24) is 0 Å². The first-order valence-electron chi connectivity index (χ1n) is 10.8. The van der Waals surface area contributed by atoms with E-state index < -0.39 is 21.6 Å². The number of benzene rings is 3. The highest BCUT2D eigenvalue weighted by molar-refractivity contribution is 7.87. The summed E-state index contributed by atoms with van der Waals surface area (Å²) in [6, 6.07) is 19.5. The second-order valence-corrected chi connectivity index (χ2v) is 9.55. The number of esters is 1. The Morgan fingerprint density at radius 1 is 1.03 bits per heavy atom. The molecule has 0 saturated heterocycles. The van der Waals surface area contributed by atoms with Crippen molar-refractivity contribution in [3.8, 4) is 22.8 Å². The topological polar surface area (TPSA) is 103 Å². The van der Waals surface area contributed by atoms with Crippen LogP contribution in [0.3, 0.4) is 0 Å². The molecular formula is C25H21F3NO7S+. The van der Waals surface area contributed by atoms with E-state index in [1.54, 1.807) is 6.07 Å². The predicted octanol–water partition coefficient (Wildman–Crippen LogP) is 4.22. The van der Waals surface area contributed by atoms with Gasteiger partial charge in [-0.05, 0) is 30.3 Å². The predicted molar refractivity (Wildman–Crippen MR) is 127 cm³/mol. The molecule has 194 valence electrons. The molecule has 0 radical (unpaired) electrons. The molecule has 3 aromatic carbocycles. The molecule has 0 atom stereocenters. The number of alkyl halides is 3. The molecule has 0 bridgehead atoms. The van der Waals surface area contributed by atoms with E-state index in [0.29, 0.717) is 12.7 Å². The molecule has 1 N–H and O–H groups in total. The summed E-state index contributed by atoms with van der Waals surface area (Å²) in [4.78, 5) is 12.3. The number of pyridine rings is 1. The third-order valence-corrected chi connectivity index (χ3v) is 6.68. The first kappa shape index (κ1) is 26.3. The number of nitrogens with zero attached hydrogens (tertiary/aromatic N) is 1. The van der Waals surface area contributed by atoms with E-state index in [4.69, 9.17) is 14.6 Å². The molecule has 2 heterocycles. The fourth-order valence-corrected chi connectivity index (χ4v) is 4.23. The van der Waals surface area contributed by atoms with Crippen molar-refractivity contribution in [2.45, 2.75) is 5.51 Å². The van der Waals surface area contributed by atoms with Crippen LogP contribution >= 0.6 is 0 Å². The van der Waals surface area contributed by atoms with Gasteiger partial charge in [-0.25, -0.2) is 4.79 Å². The van der Waals surface area contributed by atoms with E-state index in [-0.39, 0.29) is 13.2 Å². The molecular weight excluding hydrogens is 515 g/mol. The van der Waals surface area contributed by atoms with Crippen LogP contribution in [0.25, 0.3) is 32.9 Å². The second-order valence-electron chi connectivity index (χ2n) is 7.84. The van der Waals surface area contributed by atoms with Crippen LogP contribution in [0, 0.1) is 0 Å². The van der Waals surface area contributed by atoms with Crippen LogP contribution in [0.15, 0.2) is 60.7 Å². The highest BCUT2D eigenvalue weighted by atomic mass is 32.2. The highest BCUT2D eigenvalue weighted by Crippen LogP contribution is 2.46. The molecule has 1 aromatic heterocycles. The van der Waals surface area contributed by atoms with Crippen molar-refractivity contribution >= 4 is 37.8 Å². The zero-order valence-electron chi connectivity index (χ0n) is 19.6. The maximum Gasteiger partial charge on any atom is 0.523 e. The molecule has 4 aromatic rings. The lowest BCUT2D eigenvalue weighted by Gasteiger charge is -2.20. The molecule has 0 aliphatic carbocycles. The molecule has 37 heavy (non-hydrogen) atoms. The normalized spacial score (nSPS) is 12.4. The molecule has 1 aliphatic heterocycles. The van der Waals surface area contributed by atoms with Crippen molar-refractivity contribution in [1.29, 1.82) is 0 Å². The number of carbonyl (C=O) groups is 1. The number of aliphatic hydroxyl groups excluding tert-OH is 1. The first-order valence-corrected chi connectivity index (χ1v) is 12.2. The van der Waals surface area contributed by atoms with Crippen molar-refractivity contribution in [2.24, 2.45) is 7.05 Å². The fourth-order valence-electron chi connectivity index (χ4n) is 4.04. The molecule has 1 aliphatic rings. The third kappa shape index (κ3) is 4.82. The van der Waals surface area contributed by atoms with Crippen LogP contribution in [0.4, 0.5) is 13.2 Å². The Labute approximate surface area is 209 Å². The van der Waals surface area contributed by atoms with Gasteiger partial charge in [-0.3, -0.25) is 4.18 Å². The largest absolute Gasteiger partial charge is 0.523 e. The van der Waals surface area contributed by atoms with E-state index in [0.717, 1.165) is 44.4 Å². The lowest BCUT2D eigenvalue weighted by molar-refractivity contribution is -0.632. The van der Waals surface area contributed by atoms with Gasteiger partial charge >= 0.3 is 21.6 Å². The minimum Gasteiger partial charge on any atom is -0.460 e. The van der Waals surface area contributed by atoms with E-state index in [9.17, 15) is 26.4 Å². The number of hydrogen-bond acceptors (Lipinski definition) is 7. The smallest absolute Gasteiger partial charge is 0.460 e. The fraction of sp³-hybridized carbons (Fsp3) is 0.200. The summed E-state index contributed by atoms with van der Waals surface area (Å²) in [5, 5.41) is 12.1. The van der Waals surface area contributed by atoms with Crippen molar-refractivity contribution in [3.63, 3.8) is 0 Å². The first-order chi connectivity index (χ1) is 17.5. The summed E-state index contributed by atoms with van der Waals surface area (Å²) in [7, 11) is -2.89. The van der Waals surface area contributed by atoms with E-state index in [2.05, 4.69) is 14.8 Å². The van der Waals surface area contributed by atoms with Gasteiger partial charge in [0, 0.05) is 11.5 Å². The second kappa shape index (κ2) is 9.96. The number of halogens is 3. The zero-order chi connectivity index (χ0) is 27.0. The lowest BCUT2D eigenvalue weighted by Crippen LogP contribution is -2.33. The van der Waals surface area contributed by atoms with Gasteiger partial charge in [0.25, 0.3) is 0 Å². The summed E-state index contributed by atoms with van der Waals surface area (Å²) in [6.07, 6.45) is 0. The van der Waals surface area contributed by atoms with Gasteiger partial charge in [-0.2, -0.15) is 26.2 Å². The maximum atomic E-state index is 12.3. The van der Waals surface area contributed by atoms with Gasteiger partial charge in [0.05, 0.1) is 35.6 Å². The number of carbonyl (C=O) groups excluding carboxylic acids is 1. The Morgan fingerprint density at radius 3 is 2.38 bits per heavy atom. The molecule has 0 saturated carbocycles. The lowest BCUT2D eigenvalue weighted by atomic mass is 9.95. The number of ether oxygens (including phenoxy) is 2. The van der Waals surface area contributed by atoms with Gasteiger partial charge in [0.1, 0.15) is 25.2 Å². The summed E-state index contributed by atoms with van der Waals surface area (Å²) in [5.41, 5.74) is -1.85. The Balaban J connectivity index is 0.000000307. The van der Waals surface area contributed by atoms with E-state index in [1.807, 2.05) is 55.6 Å². The zero-order valence-corrected chi connectivity index (χ0v) is 20.4. The van der Waals surface area contributed by atoms with E-state index in [1.165, 1.54) is 0 Å². The van der Waals surface area contributed by atoms with Crippen molar-refractivity contribution in [3.05, 3.63) is 66.2 Å². The van der Waals surface area contributed by atoms with Crippen LogP contribution < -0.4 is 9.30 Å². The SMILES string of the molecule is COS(=O)(=O)C(F)(F)F.C[n+]1c2c3c(cccc3c3ccc(C(=O)OCCO)cc31)Oc1ccccc1-2. The minimum absolute atomic E-state index is 0.0138. The van der Waals surface area contributed by atoms with Crippen LogP contribution in [0.5, 0.6) is 11.5 Å². The average molecular weight is 537 g/mol. The Morgan fingerprint density at radius 2 is 1.73 bits per heavy atom. The third-order valence-electron chi connectivity index (χ3n) is 5.67. The van der Waals surface area contributed by atoms with Crippen molar-refractivity contribution in [2.75, 3.05) is 20.3 Å². The van der Waals surface area contributed by atoms with Gasteiger partial charge in [0.15, 0.2) is 0 Å². The number of rotatable bonds is 4. The Hall–Kier alpha value is -3.74. The molecule has 8 nitrogen and oxygen atoms in total. The Kier molecular flexibility index (Phi) is 7.09. The number of aromatic nitrogens is 1. The van der Waals surface area contributed by atoms with Gasteiger partial charge < -0.3 is 14.6 Å². The van der Waals surface area contributed by atoms with Gasteiger partial charge in [0.2, 0.25) is 11.2 Å². The molecule has 0 fully saturated rings. The standard InChI is InChI=1S/C23H18NO4.C2H3F3O3S/c1-24-18-13-14(23(26)27-12-11-25)9-10-15(18)16-6-4-8-20-21(16)22(24)17-5-2-3-7-19(17)28-20;1-8-9(6,7)2(3,4)5/h2-10,13,25H,11-12H2,1H3;1H3/q+1;. The van der Waals surface area contributed by atoms with Gasteiger partial charge in [-0.1, -0.05) is 24.3 Å². The number of hydrogen-bond donors (Lipinski definition) is 1. The van der Waals surface area contributed by atoms with Gasteiger partial charge in [-0.15, -0.1) is 0 Å². The average Bonchev–Trinajstić information content (AvgIpc) is 2.88. The van der Waals surface area contributed by atoms with E-state index >= 15 is 0 Å². The maximum absolute atomic E-state index is 12.3. The molecule has 5 rings (SSSR count). The summed E-state index contributed by atoms with van der Waals surface area (Å²) in [6.45, 7) is -0.207. The molecule has 0 amide bonds. The minimum atomic E-state index is -5.34. The van der Waals surface area contributed by atoms with Crippen LogP contribution in [-0.2, 0) is 26.1 Å². The highest BCUT2D eigenvalue weighted by Gasteiger charge is 2.46. The summed E-state index contributed by atoms with van der Waals surface area (Å²) >= 11 is 0. The number of aliphatic hydroxyl groups is 1. The summed E-state index contributed by atoms with van der Waals surface area (Å²) in [5.74, 6) is 1.20. The van der Waals surface area contributed by atoms with Crippen LogP contribution in [0.1, 0.15) is 10.4 Å².